The molecule has 0 atom stereocenters. The van der Waals surface area contributed by atoms with Crippen LogP contribution in [-0.2, 0) is 24.6 Å². The van der Waals surface area contributed by atoms with E-state index in [-0.39, 0.29) is 42.0 Å². The van der Waals surface area contributed by atoms with Gasteiger partial charge in [-0.1, -0.05) is 0 Å². The second-order valence-electron chi connectivity index (χ2n) is 8.25. The van der Waals surface area contributed by atoms with Crippen LogP contribution in [0.2, 0.25) is 0 Å². The molecule has 2 heterocycles. The number of anilines is 1. The molecule has 0 spiro atoms. The highest BCUT2D eigenvalue weighted by molar-refractivity contribution is 7.48. The van der Waals surface area contributed by atoms with Gasteiger partial charge in [-0.05, 0) is 46.5 Å². The van der Waals surface area contributed by atoms with Gasteiger partial charge in [-0.2, -0.15) is 0 Å². The summed E-state index contributed by atoms with van der Waals surface area (Å²) in [7, 11) is -3.52. The van der Waals surface area contributed by atoms with Crippen LogP contribution < -0.4 is 9.64 Å². The van der Waals surface area contributed by atoms with Gasteiger partial charge >= 0.3 is 7.82 Å². The average molecular weight is 442 g/mol. The number of hydrogen-bond acceptors (Lipinski definition) is 8. The standard InChI is InChI=1S/C20H31N2O7P/c1-5-26-30(25,27-6-2)28-14-15-7-9-21(10-8-15)17-12-19-16(11-18(17)22(23)24)13-20(3,4)29-19/h11-12,15H,5-10,13-14H2,1-4H3. The minimum atomic E-state index is -3.52. The van der Waals surface area contributed by atoms with E-state index in [9.17, 15) is 14.7 Å². The Morgan fingerprint density at radius 2 is 1.83 bits per heavy atom. The fourth-order valence-electron chi connectivity index (χ4n) is 3.99. The van der Waals surface area contributed by atoms with Crippen LogP contribution in [0.5, 0.6) is 5.75 Å². The smallest absolute Gasteiger partial charge is 0.474 e. The van der Waals surface area contributed by atoms with Crippen molar-refractivity contribution in [1.82, 2.24) is 0 Å². The number of phosphoric acid groups is 1. The summed E-state index contributed by atoms with van der Waals surface area (Å²) >= 11 is 0. The highest BCUT2D eigenvalue weighted by Crippen LogP contribution is 2.50. The zero-order valence-electron chi connectivity index (χ0n) is 18.1. The quantitative estimate of drug-likeness (QED) is 0.308. The summed E-state index contributed by atoms with van der Waals surface area (Å²) in [5.74, 6) is 0.902. The molecule has 0 bridgehead atoms. The summed E-state index contributed by atoms with van der Waals surface area (Å²) in [5, 5.41) is 11.7. The summed E-state index contributed by atoms with van der Waals surface area (Å²) in [5.41, 5.74) is 1.22. The van der Waals surface area contributed by atoms with Gasteiger partial charge in [0.2, 0.25) is 0 Å². The van der Waals surface area contributed by atoms with E-state index in [2.05, 4.69) is 0 Å². The van der Waals surface area contributed by atoms with Crippen LogP contribution in [-0.4, -0.2) is 43.4 Å². The van der Waals surface area contributed by atoms with Gasteiger partial charge in [-0.25, -0.2) is 4.57 Å². The molecule has 1 fully saturated rings. The van der Waals surface area contributed by atoms with Crippen LogP contribution in [0.1, 0.15) is 46.1 Å². The summed E-state index contributed by atoms with van der Waals surface area (Å²) in [6.45, 7) is 9.49. The van der Waals surface area contributed by atoms with Crippen molar-refractivity contribution in [2.75, 3.05) is 37.8 Å². The van der Waals surface area contributed by atoms with Gasteiger partial charge in [0.05, 0.1) is 24.7 Å². The molecule has 2 aliphatic rings. The lowest BCUT2D eigenvalue weighted by molar-refractivity contribution is -0.384. The van der Waals surface area contributed by atoms with Gasteiger partial charge in [-0.3, -0.25) is 23.7 Å². The van der Waals surface area contributed by atoms with Crippen LogP contribution in [0.4, 0.5) is 11.4 Å². The Morgan fingerprint density at radius 1 is 1.20 bits per heavy atom. The van der Waals surface area contributed by atoms with E-state index >= 15 is 0 Å². The van der Waals surface area contributed by atoms with E-state index in [4.69, 9.17) is 18.3 Å². The molecule has 2 aliphatic heterocycles. The Hall–Kier alpha value is -1.67. The maximum absolute atomic E-state index is 12.5. The minimum absolute atomic E-state index is 0.113. The van der Waals surface area contributed by atoms with Crippen LogP contribution in [0.25, 0.3) is 0 Å². The van der Waals surface area contributed by atoms with E-state index in [1.807, 2.05) is 18.7 Å². The maximum Gasteiger partial charge on any atom is 0.474 e. The molecule has 0 saturated carbocycles. The van der Waals surface area contributed by atoms with E-state index in [1.165, 1.54) is 0 Å². The minimum Gasteiger partial charge on any atom is -0.487 e. The number of nitro benzene ring substituents is 1. The largest absolute Gasteiger partial charge is 0.487 e. The first kappa shape index (κ1) is 23.0. The molecule has 168 valence electrons. The summed E-state index contributed by atoms with van der Waals surface area (Å²) in [6, 6.07) is 3.45. The molecule has 10 heteroatoms. The Bertz CT molecular complexity index is 812. The molecule has 0 aliphatic carbocycles. The van der Waals surface area contributed by atoms with Crippen LogP contribution in [0.3, 0.4) is 0 Å². The predicted molar refractivity (Wildman–Crippen MR) is 113 cm³/mol. The van der Waals surface area contributed by atoms with E-state index in [1.54, 1.807) is 26.0 Å². The number of benzene rings is 1. The van der Waals surface area contributed by atoms with E-state index in [0.29, 0.717) is 25.2 Å². The second kappa shape index (κ2) is 9.22. The van der Waals surface area contributed by atoms with E-state index in [0.717, 1.165) is 24.2 Å². The molecule has 0 unspecified atom stereocenters. The normalized spacial score (nSPS) is 18.9. The highest BCUT2D eigenvalue weighted by Gasteiger charge is 2.35. The van der Waals surface area contributed by atoms with Gasteiger partial charge in [0.15, 0.2) is 0 Å². The van der Waals surface area contributed by atoms with Crippen molar-refractivity contribution in [3.63, 3.8) is 0 Å². The first-order valence-corrected chi connectivity index (χ1v) is 11.9. The monoisotopic (exact) mass is 442 g/mol. The third-order valence-electron chi connectivity index (χ3n) is 5.35. The van der Waals surface area contributed by atoms with Crippen LogP contribution in [0.15, 0.2) is 12.1 Å². The van der Waals surface area contributed by atoms with E-state index < -0.39 is 7.82 Å². The lowest BCUT2D eigenvalue weighted by Gasteiger charge is -2.33. The Kier molecular flexibility index (Phi) is 7.07. The van der Waals surface area contributed by atoms with Crippen molar-refractivity contribution in [2.45, 2.75) is 52.6 Å². The van der Waals surface area contributed by atoms with Crippen molar-refractivity contribution in [1.29, 1.82) is 0 Å². The Balaban J connectivity index is 1.65. The van der Waals surface area contributed by atoms with Crippen molar-refractivity contribution in [3.8, 4) is 5.75 Å². The number of rotatable bonds is 9. The highest BCUT2D eigenvalue weighted by atomic mass is 31.2. The van der Waals surface area contributed by atoms with Crippen molar-refractivity contribution < 1.29 is 27.8 Å². The molecule has 9 nitrogen and oxygen atoms in total. The van der Waals surface area contributed by atoms with Crippen molar-refractivity contribution in [3.05, 3.63) is 27.8 Å². The molecular weight excluding hydrogens is 411 g/mol. The molecule has 1 saturated heterocycles. The van der Waals surface area contributed by atoms with Gasteiger partial charge in [0, 0.05) is 37.2 Å². The molecule has 0 amide bonds. The van der Waals surface area contributed by atoms with Crippen molar-refractivity contribution >= 4 is 19.2 Å². The van der Waals surface area contributed by atoms with Gasteiger partial charge in [0.25, 0.3) is 5.69 Å². The maximum atomic E-state index is 12.5. The zero-order valence-corrected chi connectivity index (χ0v) is 19.0. The molecule has 0 aromatic heterocycles. The number of ether oxygens (including phenoxy) is 1. The van der Waals surface area contributed by atoms with Crippen LogP contribution in [0, 0.1) is 16.0 Å². The third-order valence-corrected chi connectivity index (χ3v) is 6.97. The third kappa shape index (κ3) is 5.32. The second-order valence-corrected chi connectivity index (χ2v) is 9.92. The Morgan fingerprint density at radius 3 is 2.40 bits per heavy atom. The first-order valence-electron chi connectivity index (χ1n) is 10.5. The number of fused-ring (bicyclic) bond motifs is 1. The lowest BCUT2D eigenvalue weighted by atomic mass is 9.96. The van der Waals surface area contributed by atoms with Crippen LogP contribution >= 0.6 is 7.82 Å². The molecule has 0 N–H and O–H groups in total. The van der Waals surface area contributed by atoms with Gasteiger partial charge in [-0.15, -0.1) is 0 Å². The molecule has 1 aromatic carbocycles. The summed E-state index contributed by atoms with van der Waals surface area (Å²) < 4.78 is 34.3. The molecular formula is C20H31N2O7P. The number of piperidine rings is 1. The summed E-state index contributed by atoms with van der Waals surface area (Å²) in [4.78, 5) is 13.4. The SMILES string of the molecule is CCOP(=O)(OCC)OCC1CCN(c2cc3c(cc2[N+](=O)[O-])CC(C)(C)O3)CC1. The number of nitro groups is 1. The first-order chi connectivity index (χ1) is 14.2. The van der Waals surface area contributed by atoms with Gasteiger partial charge < -0.3 is 9.64 Å². The Labute approximate surface area is 177 Å². The number of hydrogen-bond donors (Lipinski definition) is 0. The topological polar surface area (TPSA) is 100 Å². The van der Waals surface area contributed by atoms with Crippen molar-refractivity contribution in [2.24, 2.45) is 5.92 Å². The summed E-state index contributed by atoms with van der Waals surface area (Å²) in [6.07, 6.45) is 2.18. The molecule has 0 radical (unpaired) electrons. The molecule has 30 heavy (non-hydrogen) atoms. The lowest BCUT2D eigenvalue weighted by Crippen LogP contribution is -2.35. The fraction of sp³-hybridized carbons (Fsp3) is 0.700. The number of phosphoric ester groups is 1. The number of nitrogens with zero attached hydrogens (tertiary/aromatic N) is 2. The van der Waals surface area contributed by atoms with Gasteiger partial charge in [0.1, 0.15) is 17.0 Å². The molecule has 1 aromatic rings. The predicted octanol–water partition coefficient (Wildman–Crippen LogP) is 4.72. The zero-order chi connectivity index (χ0) is 21.9. The average Bonchev–Trinajstić information content (AvgIpc) is 2.99. The fourth-order valence-corrected chi connectivity index (χ4v) is 5.24. The molecule has 3 rings (SSSR count).